The molecule has 0 radical (unpaired) electrons. The van der Waals surface area contributed by atoms with Crippen LogP contribution in [0.4, 0.5) is 0 Å². The minimum absolute atomic E-state index is 0.0995. The molecule has 0 aliphatic carbocycles. The maximum absolute atomic E-state index is 9.03. The molecule has 0 aliphatic rings. The fourth-order valence-electron chi connectivity index (χ4n) is 0.783. The normalized spacial score (nSPS) is 9.08. The Labute approximate surface area is 68.7 Å². The number of aromatic hydroxyl groups is 1. The van der Waals surface area contributed by atoms with Crippen LogP contribution < -0.4 is 5.46 Å². The SMILES string of the molecule is N#Cc1c(O)cncc1B(O)O. The van der Waals surface area contributed by atoms with Crippen LogP contribution in [0.1, 0.15) is 5.56 Å². The Bertz CT molecular complexity index is 334. The molecule has 0 amide bonds. The van der Waals surface area contributed by atoms with Crippen LogP contribution in [0, 0.1) is 11.3 Å². The highest BCUT2D eigenvalue weighted by Gasteiger charge is 2.18. The van der Waals surface area contributed by atoms with Gasteiger partial charge in [0.25, 0.3) is 0 Å². The van der Waals surface area contributed by atoms with Gasteiger partial charge in [-0.1, -0.05) is 0 Å². The van der Waals surface area contributed by atoms with E-state index < -0.39 is 7.12 Å². The summed E-state index contributed by atoms with van der Waals surface area (Å²) in [6.45, 7) is 0. The molecule has 0 aromatic carbocycles. The van der Waals surface area contributed by atoms with E-state index in [0.717, 1.165) is 12.4 Å². The van der Waals surface area contributed by atoms with Gasteiger partial charge in [-0.25, -0.2) is 0 Å². The predicted octanol–water partition coefficient (Wildman–Crippen LogP) is -1.66. The molecule has 0 unspecified atom stereocenters. The molecule has 0 spiro atoms. The van der Waals surface area contributed by atoms with E-state index in [1.54, 1.807) is 6.07 Å². The zero-order chi connectivity index (χ0) is 9.14. The van der Waals surface area contributed by atoms with Crippen molar-refractivity contribution in [3.8, 4) is 11.8 Å². The molecule has 0 fully saturated rings. The van der Waals surface area contributed by atoms with Crippen molar-refractivity contribution in [2.45, 2.75) is 0 Å². The first-order valence-corrected chi connectivity index (χ1v) is 3.10. The van der Waals surface area contributed by atoms with E-state index in [-0.39, 0.29) is 16.8 Å². The van der Waals surface area contributed by atoms with Crippen LogP contribution in [0.5, 0.6) is 5.75 Å². The fourth-order valence-corrected chi connectivity index (χ4v) is 0.783. The summed E-state index contributed by atoms with van der Waals surface area (Å²) in [5, 5.41) is 34.9. The molecular formula is C6H5BN2O3. The number of rotatable bonds is 1. The van der Waals surface area contributed by atoms with E-state index in [1.165, 1.54) is 0 Å². The summed E-state index contributed by atoms with van der Waals surface area (Å²) in [7, 11) is -1.79. The zero-order valence-electron chi connectivity index (χ0n) is 5.97. The van der Waals surface area contributed by atoms with Crippen molar-refractivity contribution in [3.63, 3.8) is 0 Å². The van der Waals surface area contributed by atoms with Gasteiger partial charge in [0, 0.05) is 11.7 Å². The molecule has 3 N–H and O–H groups in total. The molecule has 12 heavy (non-hydrogen) atoms. The third-order valence-corrected chi connectivity index (χ3v) is 1.35. The molecule has 6 heteroatoms. The van der Waals surface area contributed by atoms with Gasteiger partial charge in [0.1, 0.15) is 6.07 Å². The maximum atomic E-state index is 9.03. The molecule has 60 valence electrons. The summed E-state index contributed by atoms with van der Waals surface area (Å²) < 4.78 is 0. The number of hydrogen-bond donors (Lipinski definition) is 3. The van der Waals surface area contributed by atoms with Crippen molar-refractivity contribution in [3.05, 3.63) is 18.0 Å². The molecule has 0 saturated heterocycles. The van der Waals surface area contributed by atoms with Crippen molar-refractivity contribution in [1.82, 2.24) is 4.98 Å². The molecule has 5 nitrogen and oxygen atoms in total. The monoisotopic (exact) mass is 164 g/mol. The smallest absolute Gasteiger partial charge is 0.491 e. The molecule has 1 aromatic rings. The average molecular weight is 164 g/mol. The summed E-state index contributed by atoms with van der Waals surface area (Å²) in [5.41, 5.74) is -0.266. The minimum Gasteiger partial charge on any atom is -0.505 e. The lowest BCUT2D eigenvalue weighted by atomic mass is 9.78. The topological polar surface area (TPSA) is 97.4 Å². The highest BCUT2D eigenvalue weighted by Crippen LogP contribution is 2.10. The van der Waals surface area contributed by atoms with Crippen LogP contribution in [0.15, 0.2) is 12.4 Å². The fraction of sp³-hybridized carbons (Fsp3) is 0. The van der Waals surface area contributed by atoms with Crippen LogP contribution in [0.2, 0.25) is 0 Å². The Morgan fingerprint density at radius 1 is 1.42 bits per heavy atom. The second-order valence-electron chi connectivity index (χ2n) is 2.11. The van der Waals surface area contributed by atoms with Gasteiger partial charge in [-0.05, 0) is 0 Å². The summed E-state index contributed by atoms with van der Waals surface area (Å²) in [4.78, 5) is 3.49. The number of hydrogen-bond acceptors (Lipinski definition) is 5. The first kappa shape index (κ1) is 8.52. The number of aromatic nitrogens is 1. The van der Waals surface area contributed by atoms with E-state index in [0.29, 0.717) is 0 Å². The number of nitrogens with zero attached hydrogens (tertiary/aromatic N) is 2. The van der Waals surface area contributed by atoms with Crippen LogP contribution in [0.25, 0.3) is 0 Å². The molecule has 1 aromatic heterocycles. The first-order valence-electron chi connectivity index (χ1n) is 3.10. The Hall–Kier alpha value is -1.58. The van der Waals surface area contributed by atoms with Gasteiger partial charge in [-0.15, -0.1) is 0 Å². The maximum Gasteiger partial charge on any atom is 0.491 e. The largest absolute Gasteiger partial charge is 0.505 e. The molecule has 1 heterocycles. The van der Waals surface area contributed by atoms with E-state index in [9.17, 15) is 0 Å². The van der Waals surface area contributed by atoms with Crippen molar-refractivity contribution in [2.24, 2.45) is 0 Å². The Kier molecular flexibility index (Phi) is 2.28. The van der Waals surface area contributed by atoms with Crippen LogP contribution in [-0.4, -0.2) is 27.3 Å². The van der Waals surface area contributed by atoms with Gasteiger partial charge < -0.3 is 15.2 Å². The van der Waals surface area contributed by atoms with Gasteiger partial charge in [0.15, 0.2) is 5.75 Å². The lowest BCUT2D eigenvalue weighted by Crippen LogP contribution is -2.32. The Morgan fingerprint density at radius 3 is 2.50 bits per heavy atom. The molecule has 0 atom stereocenters. The second-order valence-corrected chi connectivity index (χ2v) is 2.11. The van der Waals surface area contributed by atoms with Crippen LogP contribution >= 0.6 is 0 Å². The third-order valence-electron chi connectivity index (χ3n) is 1.35. The van der Waals surface area contributed by atoms with Crippen molar-refractivity contribution in [2.75, 3.05) is 0 Å². The average Bonchev–Trinajstić information content (AvgIpc) is 2.03. The summed E-state index contributed by atoms with van der Waals surface area (Å²) >= 11 is 0. The summed E-state index contributed by atoms with van der Waals surface area (Å²) in [5.74, 6) is -0.358. The molecule has 1 rings (SSSR count). The summed E-state index contributed by atoms with van der Waals surface area (Å²) in [6.07, 6.45) is 2.17. The number of pyridine rings is 1. The van der Waals surface area contributed by atoms with Gasteiger partial charge in [-0.2, -0.15) is 5.26 Å². The van der Waals surface area contributed by atoms with E-state index >= 15 is 0 Å². The van der Waals surface area contributed by atoms with Crippen molar-refractivity contribution in [1.29, 1.82) is 5.26 Å². The first-order chi connectivity index (χ1) is 5.66. The lowest BCUT2D eigenvalue weighted by molar-refractivity contribution is 0.424. The summed E-state index contributed by atoms with van der Waals surface area (Å²) in [6, 6.07) is 1.64. The van der Waals surface area contributed by atoms with E-state index in [1.807, 2.05) is 0 Å². The molecule has 0 saturated carbocycles. The van der Waals surface area contributed by atoms with Crippen molar-refractivity contribution < 1.29 is 15.2 Å². The van der Waals surface area contributed by atoms with E-state index in [2.05, 4.69) is 4.98 Å². The molecule has 0 aliphatic heterocycles. The lowest BCUT2D eigenvalue weighted by Gasteiger charge is -2.01. The quantitative estimate of drug-likeness (QED) is 0.431. The molecule has 0 bridgehead atoms. The van der Waals surface area contributed by atoms with Crippen molar-refractivity contribution >= 4 is 12.6 Å². The second kappa shape index (κ2) is 3.22. The van der Waals surface area contributed by atoms with Gasteiger partial charge in [0.2, 0.25) is 0 Å². The predicted molar refractivity (Wildman–Crippen MR) is 40.4 cm³/mol. The minimum atomic E-state index is -1.79. The van der Waals surface area contributed by atoms with Gasteiger partial charge >= 0.3 is 7.12 Å². The van der Waals surface area contributed by atoms with Gasteiger partial charge in [0.05, 0.1) is 11.8 Å². The Balaban J connectivity index is 3.30. The standard InChI is InChI=1S/C6H5BN2O3/c8-1-4-5(7(11)12)2-9-3-6(4)10/h2-3,10-12H. The number of nitriles is 1. The third kappa shape index (κ3) is 1.37. The highest BCUT2D eigenvalue weighted by molar-refractivity contribution is 6.59. The zero-order valence-corrected chi connectivity index (χ0v) is 5.97. The van der Waals surface area contributed by atoms with Gasteiger partial charge in [-0.3, -0.25) is 4.98 Å². The van der Waals surface area contributed by atoms with E-state index in [4.69, 9.17) is 20.4 Å². The Morgan fingerprint density at radius 2 is 2.08 bits per heavy atom. The van der Waals surface area contributed by atoms with Crippen LogP contribution in [0.3, 0.4) is 0 Å². The highest BCUT2D eigenvalue weighted by atomic mass is 16.4. The molecular weight excluding hydrogens is 159 g/mol. The van der Waals surface area contributed by atoms with Crippen LogP contribution in [-0.2, 0) is 0 Å².